The number of halogens is 1. The number of hydrazine groups is 1. The van der Waals surface area contributed by atoms with Crippen molar-refractivity contribution < 1.29 is 13.2 Å². The Labute approximate surface area is 172 Å². The predicted octanol–water partition coefficient (Wildman–Crippen LogP) is -0.128. The van der Waals surface area contributed by atoms with Gasteiger partial charge in [-0.15, -0.1) is 0 Å². The Bertz CT molecular complexity index is 929. The monoisotopic (exact) mass is 470 g/mol. The van der Waals surface area contributed by atoms with Gasteiger partial charge in [0.05, 0.1) is 17.5 Å². The molecule has 2 atom stereocenters. The van der Waals surface area contributed by atoms with Crippen LogP contribution in [-0.2, 0) is 14.8 Å². The van der Waals surface area contributed by atoms with Gasteiger partial charge in [-0.2, -0.15) is 4.31 Å². The van der Waals surface area contributed by atoms with Crippen molar-refractivity contribution in [3.05, 3.63) is 40.0 Å². The molecule has 3 N–H and O–H groups in total. The number of anilines is 1. The fraction of sp³-hybridized carbons (Fsp3) is 0.471. The number of nitrogens with zero attached hydrogens (tertiary/aromatic N) is 3. The molecular weight excluding hydrogens is 448 g/mol. The molecule has 2 saturated heterocycles. The van der Waals surface area contributed by atoms with Gasteiger partial charge in [0, 0.05) is 36.9 Å². The van der Waals surface area contributed by atoms with Gasteiger partial charge in [0.25, 0.3) is 5.91 Å². The summed E-state index contributed by atoms with van der Waals surface area (Å²) in [4.78, 5) is 14.7. The van der Waals surface area contributed by atoms with Gasteiger partial charge in [0.2, 0.25) is 10.0 Å². The van der Waals surface area contributed by atoms with E-state index in [1.165, 1.54) is 10.6 Å². The average Bonchev–Trinajstić information content (AvgIpc) is 3.05. The second kappa shape index (κ2) is 7.39. The number of piperazine rings is 1. The molecule has 0 aliphatic carbocycles. The zero-order valence-corrected chi connectivity index (χ0v) is 18.0. The predicted molar refractivity (Wildman–Crippen MR) is 109 cm³/mol. The lowest BCUT2D eigenvalue weighted by Crippen LogP contribution is -2.69. The minimum atomic E-state index is -3.18. The van der Waals surface area contributed by atoms with Gasteiger partial charge in [-0.1, -0.05) is 15.9 Å². The number of rotatable bonds is 3. The van der Waals surface area contributed by atoms with E-state index < -0.39 is 10.0 Å². The number of amides is 1. The van der Waals surface area contributed by atoms with Crippen LogP contribution in [0.5, 0.6) is 0 Å². The van der Waals surface area contributed by atoms with Crippen molar-refractivity contribution in [1.29, 1.82) is 0 Å². The Morgan fingerprint density at radius 1 is 1.18 bits per heavy atom. The summed E-state index contributed by atoms with van der Waals surface area (Å²) < 4.78 is 25.8. The fourth-order valence-corrected chi connectivity index (χ4v) is 5.00. The SMILES string of the molecule is Cc1cc(Br)ccc1N1C=C2C(=O)NC(N3CCN(S(C)(=O)=O)CC3)NC2N1. The van der Waals surface area contributed by atoms with Crippen molar-refractivity contribution in [3.8, 4) is 0 Å². The molecule has 0 saturated carbocycles. The van der Waals surface area contributed by atoms with Crippen molar-refractivity contribution in [2.75, 3.05) is 37.4 Å². The highest BCUT2D eigenvalue weighted by Gasteiger charge is 2.39. The normalized spacial score (nSPS) is 26.8. The molecule has 1 aromatic carbocycles. The zero-order valence-electron chi connectivity index (χ0n) is 15.6. The molecule has 2 unspecified atom stereocenters. The summed E-state index contributed by atoms with van der Waals surface area (Å²) in [5, 5.41) is 8.23. The third kappa shape index (κ3) is 3.82. The number of aryl methyl sites for hydroxylation is 1. The van der Waals surface area contributed by atoms with Crippen LogP contribution in [0.2, 0.25) is 0 Å². The lowest BCUT2D eigenvalue weighted by atomic mass is 10.1. The van der Waals surface area contributed by atoms with Crippen LogP contribution >= 0.6 is 15.9 Å². The van der Waals surface area contributed by atoms with Crippen LogP contribution < -0.4 is 21.1 Å². The number of benzene rings is 1. The molecule has 28 heavy (non-hydrogen) atoms. The van der Waals surface area contributed by atoms with Crippen molar-refractivity contribution in [2.45, 2.75) is 19.4 Å². The van der Waals surface area contributed by atoms with Crippen LogP contribution in [0.15, 0.2) is 34.4 Å². The zero-order chi connectivity index (χ0) is 20.1. The van der Waals surface area contributed by atoms with Crippen LogP contribution in [0.1, 0.15) is 5.56 Å². The van der Waals surface area contributed by atoms with Crippen LogP contribution in [0.25, 0.3) is 0 Å². The molecule has 9 nitrogen and oxygen atoms in total. The average molecular weight is 471 g/mol. The summed E-state index contributed by atoms with van der Waals surface area (Å²) in [5.74, 6) is -0.135. The van der Waals surface area contributed by atoms with Crippen molar-refractivity contribution in [2.24, 2.45) is 0 Å². The molecule has 0 radical (unpaired) electrons. The Hall–Kier alpha value is -1.50. The minimum absolute atomic E-state index is 0.135. The summed E-state index contributed by atoms with van der Waals surface area (Å²) in [6.45, 7) is 3.94. The second-order valence-electron chi connectivity index (χ2n) is 7.19. The lowest BCUT2D eigenvalue weighted by Gasteiger charge is -2.42. The highest BCUT2D eigenvalue weighted by molar-refractivity contribution is 9.10. The molecule has 3 heterocycles. The van der Waals surface area contributed by atoms with Crippen molar-refractivity contribution >= 4 is 37.5 Å². The molecule has 152 valence electrons. The number of hydrogen-bond acceptors (Lipinski definition) is 7. The Balaban J connectivity index is 1.44. The molecule has 2 fully saturated rings. The second-order valence-corrected chi connectivity index (χ2v) is 10.1. The fourth-order valence-electron chi connectivity index (χ4n) is 3.70. The van der Waals surface area contributed by atoms with Crippen LogP contribution in [0.3, 0.4) is 0 Å². The van der Waals surface area contributed by atoms with Crippen molar-refractivity contribution in [3.63, 3.8) is 0 Å². The van der Waals surface area contributed by atoms with E-state index >= 15 is 0 Å². The van der Waals surface area contributed by atoms with Gasteiger partial charge in [-0.3, -0.25) is 20.0 Å². The maximum absolute atomic E-state index is 12.6. The van der Waals surface area contributed by atoms with E-state index in [4.69, 9.17) is 0 Å². The lowest BCUT2D eigenvalue weighted by molar-refractivity contribution is -0.122. The Morgan fingerprint density at radius 3 is 2.54 bits per heavy atom. The molecule has 0 bridgehead atoms. The summed E-state index contributed by atoms with van der Waals surface area (Å²) >= 11 is 3.47. The van der Waals surface area contributed by atoms with Crippen LogP contribution in [0.4, 0.5) is 5.69 Å². The molecule has 0 aromatic heterocycles. The molecule has 4 rings (SSSR count). The number of carbonyl (C=O) groups is 1. The number of fused-ring (bicyclic) bond motifs is 1. The van der Waals surface area contributed by atoms with E-state index in [1.807, 2.05) is 35.0 Å². The standard InChI is InChI=1S/C17H23BrN6O3S/c1-11-9-12(18)3-4-14(11)24-10-13-15(21-24)19-17(20-16(13)25)22-5-7-23(8-6-22)28(2,26)27/h3-4,9-10,15,17,19,21H,5-8H2,1-2H3,(H,20,25). The minimum Gasteiger partial charge on any atom is -0.324 e. The maximum Gasteiger partial charge on any atom is 0.254 e. The van der Waals surface area contributed by atoms with E-state index in [0.29, 0.717) is 31.8 Å². The first-order chi connectivity index (χ1) is 13.2. The van der Waals surface area contributed by atoms with E-state index in [-0.39, 0.29) is 18.4 Å². The smallest absolute Gasteiger partial charge is 0.254 e. The van der Waals surface area contributed by atoms with E-state index in [9.17, 15) is 13.2 Å². The first-order valence-corrected chi connectivity index (χ1v) is 11.7. The Kier molecular flexibility index (Phi) is 5.23. The van der Waals surface area contributed by atoms with Gasteiger partial charge in [0.15, 0.2) is 0 Å². The number of sulfonamides is 1. The maximum atomic E-state index is 12.6. The van der Waals surface area contributed by atoms with Crippen LogP contribution in [-0.4, -0.2) is 68.4 Å². The Morgan fingerprint density at radius 2 is 1.89 bits per heavy atom. The summed E-state index contributed by atoms with van der Waals surface area (Å²) in [6, 6.07) is 5.97. The highest BCUT2D eigenvalue weighted by Crippen LogP contribution is 2.27. The van der Waals surface area contributed by atoms with Crippen LogP contribution in [0, 0.1) is 6.92 Å². The molecule has 1 amide bonds. The van der Waals surface area contributed by atoms with E-state index in [0.717, 1.165) is 15.7 Å². The van der Waals surface area contributed by atoms with E-state index in [2.05, 4.69) is 32.0 Å². The van der Waals surface area contributed by atoms with E-state index in [1.54, 1.807) is 6.20 Å². The third-order valence-electron chi connectivity index (χ3n) is 5.23. The summed E-state index contributed by atoms with van der Waals surface area (Å²) in [7, 11) is -3.18. The summed E-state index contributed by atoms with van der Waals surface area (Å²) in [6.07, 6.45) is 2.37. The molecular formula is C17H23BrN6O3S. The number of hydrogen-bond donors (Lipinski definition) is 3. The number of carbonyl (C=O) groups excluding carboxylic acids is 1. The molecule has 11 heteroatoms. The molecule has 0 spiro atoms. The topological polar surface area (TPSA) is 97.0 Å². The third-order valence-corrected chi connectivity index (χ3v) is 7.02. The number of nitrogens with one attached hydrogen (secondary N) is 3. The van der Waals surface area contributed by atoms with Gasteiger partial charge >= 0.3 is 0 Å². The summed E-state index contributed by atoms with van der Waals surface area (Å²) in [5.41, 5.74) is 5.99. The van der Waals surface area contributed by atoms with Crippen molar-refractivity contribution in [1.82, 2.24) is 25.3 Å². The quantitative estimate of drug-likeness (QED) is 0.566. The van der Waals surface area contributed by atoms with Gasteiger partial charge in [-0.25, -0.2) is 13.8 Å². The van der Waals surface area contributed by atoms with Gasteiger partial charge in [0.1, 0.15) is 12.5 Å². The van der Waals surface area contributed by atoms with Gasteiger partial charge < -0.3 is 5.32 Å². The highest BCUT2D eigenvalue weighted by atomic mass is 79.9. The molecule has 3 aliphatic heterocycles. The largest absolute Gasteiger partial charge is 0.324 e. The first-order valence-electron chi connectivity index (χ1n) is 9.02. The first kappa shape index (κ1) is 19.8. The molecule has 3 aliphatic rings. The molecule has 1 aromatic rings. The van der Waals surface area contributed by atoms with Gasteiger partial charge in [-0.05, 0) is 30.7 Å².